The summed E-state index contributed by atoms with van der Waals surface area (Å²) in [5, 5.41) is 22.4. The van der Waals surface area contributed by atoms with Gasteiger partial charge in [0.1, 0.15) is 0 Å². The van der Waals surface area contributed by atoms with E-state index < -0.39 is 11.6 Å². The Kier molecular flexibility index (Phi) is 9.18. The first kappa shape index (κ1) is 29.4. The molecule has 0 radical (unpaired) electrons. The Morgan fingerprint density at radius 1 is 1.05 bits per heavy atom. The lowest BCUT2D eigenvalue weighted by Gasteiger charge is -2.24. The van der Waals surface area contributed by atoms with Gasteiger partial charge in [0.2, 0.25) is 0 Å². The molecule has 1 saturated carbocycles. The molecule has 4 nitrogen and oxygen atoms in total. The number of benzene rings is 3. The Bertz CT molecular complexity index is 1560. The number of rotatable bonds is 12. The molecule has 3 aromatic carbocycles. The summed E-state index contributed by atoms with van der Waals surface area (Å²) >= 11 is 7.91. The minimum atomic E-state index is -0.924. The summed E-state index contributed by atoms with van der Waals surface area (Å²) in [5.74, 6) is -0.0922. The summed E-state index contributed by atoms with van der Waals surface area (Å²) in [6, 6.07) is 26.3. The van der Waals surface area contributed by atoms with Crippen LogP contribution in [0.4, 0.5) is 0 Å². The van der Waals surface area contributed by atoms with Crippen molar-refractivity contribution in [3.63, 3.8) is 0 Å². The largest absolute Gasteiger partial charge is 0.481 e. The maximum Gasteiger partial charge on any atom is 0.307 e. The highest BCUT2D eigenvalue weighted by Crippen LogP contribution is 2.42. The first-order valence-electron chi connectivity index (χ1n) is 14.2. The molecule has 41 heavy (non-hydrogen) atoms. The topological polar surface area (TPSA) is 70.4 Å². The fourth-order valence-electron chi connectivity index (χ4n) is 5.34. The lowest BCUT2D eigenvalue weighted by Crippen LogP contribution is -2.19. The van der Waals surface area contributed by atoms with E-state index in [2.05, 4.69) is 36.4 Å². The van der Waals surface area contributed by atoms with E-state index in [0.717, 1.165) is 59.0 Å². The van der Waals surface area contributed by atoms with Gasteiger partial charge in [0.25, 0.3) is 0 Å². The van der Waals surface area contributed by atoms with E-state index in [1.165, 1.54) is 5.56 Å². The highest BCUT2D eigenvalue weighted by molar-refractivity contribution is 7.99. The number of aromatic nitrogens is 1. The van der Waals surface area contributed by atoms with E-state index in [0.29, 0.717) is 16.7 Å². The smallest absolute Gasteiger partial charge is 0.307 e. The molecular weight excluding hydrogens is 550 g/mol. The van der Waals surface area contributed by atoms with Crippen LogP contribution < -0.4 is 0 Å². The lowest BCUT2D eigenvalue weighted by molar-refractivity contribution is -0.141. The van der Waals surface area contributed by atoms with Crippen LogP contribution in [0.25, 0.3) is 23.1 Å². The van der Waals surface area contributed by atoms with E-state index in [9.17, 15) is 15.0 Å². The zero-order chi connectivity index (χ0) is 29.0. The number of nitrogens with zero attached hydrogens (tertiary/aromatic N) is 1. The van der Waals surface area contributed by atoms with Gasteiger partial charge < -0.3 is 10.2 Å². The number of aliphatic carboxylic acids is 1. The number of halogens is 1. The SMILES string of the molecule is CC(C)(O)c1ccccc1CCC(SCC(C(=O)O)C1CC1)c1cccc(C=Cc2ccc3ccc(Cl)cc3n2)c1. The van der Waals surface area contributed by atoms with Gasteiger partial charge in [0.05, 0.1) is 22.7 Å². The maximum atomic E-state index is 12.0. The van der Waals surface area contributed by atoms with Crippen LogP contribution in [-0.2, 0) is 16.8 Å². The average molecular weight is 586 g/mol. The molecule has 0 bridgehead atoms. The molecule has 5 rings (SSSR count). The van der Waals surface area contributed by atoms with E-state index in [1.807, 2.05) is 68.5 Å². The van der Waals surface area contributed by atoms with Gasteiger partial charge >= 0.3 is 5.97 Å². The van der Waals surface area contributed by atoms with Crippen molar-refractivity contribution in [1.82, 2.24) is 4.98 Å². The minimum absolute atomic E-state index is 0.125. The molecule has 0 aliphatic heterocycles. The number of fused-ring (bicyclic) bond motifs is 1. The molecule has 1 aliphatic carbocycles. The van der Waals surface area contributed by atoms with E-state index >= 15 is 0 Å². The molecule has 4 aromatic rings. The van der Waals surface area contributed by atoms with Crippen LogP contribution in [0.1, 0.15) is 66.3 Å². The molecule has 1 fully saturated rings. The number of thioether (sulfide) groups is 1. The lowest BCUT2D eigenvalue weighted by atomic mass is 9.90. The van der Waals surface area contributed by atoms with E-state index in [-0.39, 0.29) is 11.2 Å². The van der Waals surface area contributed by atoms with Crippen LogP contribution in [0.5, 0.6) is 0 Å². The monoisotopic (exact) mass is 585 g/mol. The quantitative estimate of drug-likeness (QED) is 0.174. The molecule has 1 aromatic heterocycles. The van der Waals surface area contributed by atoms with Crippen LogP contribution in [0, 0.1) is 11.8 Å². The standard InChI is InChI=1S/C35H36ClNO3S/c1-35(2,40)31-9-4-3-7-25(31)15-19-33(41-22-30(34(38)39)24-11-12-24)27-8-5-6-23(20-27)10-17-29-18-14-26-13-16-28(36)21-32(26)37-29/h3-10,13-14,16-18,20-21,24,30,33,40H,11-12,15,19,22H2,1-2H3,(H,38,39). The second-order valence-electron chi connectivity index (χ2n) is 11.4. The molecule has 0 amide bonds. The van der Waals surface area contributed by atoms with Gasteiger partial charge in [-0.25, -0.2) is 4.98 Å². The maximum absolute atomic E-state index is 12.0. The predicted octanol–water partition coefficient (Wildman–Crippen LogP) is 8.80. The Morgan fingerprint density at radius 2 is 1.83 bits per heavy atom. The molecule has 1 aliphatic rings. The second kappa shape index (κ2) is 12.8. The number of carbonyl (C=O) groups is 1. The summed E-state index contributed by atoms with van der Waals surface area (Å²) in [6.45, 7) is 3.64. The molecule has 2 N–H and O–H groups in total. The molecule has 1 heterocycles. The van der Waals surface area contributed by atoms with Crippen LogP contribution in [0.3, 0.4) is 0 Å². The van der Waals surface area contributed by atoms with Crippen molar-refractivity contribution in [2.75, 3.05) is 5.75 Å². The highest BCUT2D eigenvalue weighted by Gasteiger charge is 2.36. The molecule has 2 atom stereocenters. The van der Waals surface area contributed by atoms with Crippen molar-refractivity contribution >= 4 is 52.4 Å². The van der Waals surface area contributed by atoms with Gasteiger partial charge in [-0.3, -0.25) is 4.79 Å². The fourth-order valence-corrected chi connectivity index (χ4v) is 6.98. The summed E-state index contributed by atoms with van der Waals surface area (Å²) in [5.41, 5.74) is 5.10. The van der Waals surface area contributed by atoms with Crippen molar-refractivity contribution in [3.8, 4) is 0 Å². The zero-order valence-corrected chi connectivity index (χ0v) is 25.0. The molecule has 0 saturated heterocycles. The molecule has 0 spiro atoms. The third kappa shape index (κ3) is 7.79. The van der Waals surface area contributed by atoms with Crippen molar-refractivity contribution in [3.05, 3.63) is 112 Å². The number of carboxylic acid groups (broad SMARTS) is 1. The van der Waals surface area contributed by atoms with Crippen molar-refractivity contribution in [1.29, 1.82) is 0 Å². The van der Waals surface area contributed by atoms with Gasteiger partial charge in [-0.2, -0.15) is 11.8 Å². The van der Waals surface area contributed by atoms with Gasteiger partial charge in [-0.15, -0.1) is 0 Å². The third-order valence-electron chi connectivity index (χ3n) is 7.74. The summed E-state index contributed by atoms with van der Waals surface area (Å²) in [6.07, 6.45) is 7.73. The van der Waals surface area contributed by atoms with Crippen molar-refractivity contribution < 1.29 is 15.0 Å². The number of carboxylic acids is 1. The Labute approximate surface area is 251 Å². The van der Waals surface area contributed by atoms with Gasteiger partial charge in [-0.05, 0) is 92.0 Å². The molecule has 2 unspecified atom stereocenters. The number of aryl methyl sites for hydroxylation is 1. The Balaban J connectivity index is 1.38. The fraction of sp³-hybridized carbons (Fsp3) is 0.314. The summed E-state index contributed by atoms with van der Waals surface area (Å²) in [7, 11) is 0. The van der Waals surface area contributed by atoms with Crippen LogP contribution in [0.2, 0.25) is 5.02 Å². The minimum Gasteiger partial charge on any atom is -0.481 e. The molecular formula is C35H36ClNO3S. The van der Waals surface area contributed by atoms with Crippen LogP contribution in [-0.4, -0.2) is 26.9 Å². The van der Waals surface area contributed by atoms with Gasteiger partial charge in [0, 0.05) is 21.4 Å². The highest BCUT2D eigenvalue weighted by atomic mass is 35.5. The first-order chi connectivity index (χ1) is 19.7. The third-order valence-corrected chi connectivity index (χ3v) is 9.44. The first-order valence-corrected chi connectivity index (χ1v) is 15.6. The van der Waals surface area contributed by atoms with Crippen molar-refractivity contribution in [2.24, 2.45) is 11.8 Å². The summed E-state index contributed by atoms with van der Waals surface area (Å²) < 4.78 is 0. The second-order valence-corrected chi connectivity index (χ2v) is 13.1. The Morgan fingerprint density at radius 3 is 2.59 bits per heavy atom. The number of pyridine rings is 1. The predicted molar refractivity (Wildman–Crippen MR) is 171 cm³/mol. The normalized spacial score (nSPS) is 15.3. The van der Waals surface area contributed by atoms with E-state index in [1.54, 1.807) is 11.8 Å². The number of hydrogen-bond donors (Lipinski definition) is 2. The molecule has 212 valence electrons. The average Bonchev–Trinajstić information content (AvgIpc) is 3.78. The van der Waals surface area contributed by atoms with Crippen molar-refractivity contribution in [2.45, 2.75) is 50.4 Å². The summed E-state index contributed by atoms with van der Waals surface area (Å²) in [4.78, 5) is 16.7. The Hall–Kier alpha value is -3.12. The van der Waals surface area contributed by atoms with Crippen LogP contribution >= 0.6 is 23.4 Å². The van der Waals surface area contributed by atoms with Gasteiger partial charge in [-0.1, -0.05) is 78.3 Å². The van der Waals surface area contributed by atoms with Crippen LogP contribution in [0.15, 0.2) is 78.9 Å². The van der Waals surface area contributed by atoms with E-state index in [4.69, 9.17) is 16.6 Å². The van der Waals surface area contributed by atoms with Gasteiger partial charge in [0.15, 0.2) is 0 Å². The zero-order valence-electron chi connectivity index (χ0n) is 23.5. The molecule has 6 heteroatoms. The number of aliphatic hydroxyl groups is 1. The number of hydrogen-bond acceptors (Lipinski definition) is 4.